The van der Waals surface area contributed by atoms with Crippen LogP contribution in [0.25, 0.3) is 0 Å². The Hall–Kier alpha value is -2.93. The second-order valence-corrected chi connectivity index (χ2v) is 11.1. The van der Waals surface area contributed by atoms with E-state index >= 15 is 0 Å². The van der Waals surface area contributed by atoms with E-state index in [1.807, 2.05) is 4.90 Å². The van der Waals surface area contributed by atoms with Gasteiger partial charge in [0, 0.05) is 31.0 Å². The number of aromatic nitrogens is 2. The minimum atomic E-state index is -4.65. The summed E-state index contributed by atoms with van der Waals surface area (Å²) < 4.78 is 72.0. The van der Waals surface area contributed by atoms with Crippen LogP contribution in [0.4, 0.5) is 24.9 Å². The summed E-state index contributed by atoms with van der Waals surface area (Å²) in [6, 6.07) is 4.33. The van der Waals surface area contributed by atoms with Gasteiger partial charge in [0.15, 0.2) is 15.6 Å². The lowest BCUT2D eigenvalue weighted by Crippen LogP contribution is -2.54. The molecule has 0 amide bonds. The third-order valence-corrected chi connectivity index (χ3v) is 7.85. The number of Topliss-reactive ketones (excluding diaryl/α,β-unsaturated/α-hetero) is 1. The van der Waals surface area contributed by atoms with E-state index < -0.39 is 46.4 Å². The van der Waals surface area contributed by atoms with Crippen molar-refractivity contribution >= 4 is 27.4 Å². The number of anilines is 2. The molecule has 5 rings (SSSR count). The van der Waals surface area contributed by atoms with Crippen molar-refractivity contribution in [1.82, 2.24) is 9.55 Å². The zero-order chi connectivity index (χ0) is 25.1. The molecule has 13 heteroatoms. The van der Waals surface area contributed by atoms with Gasteiger partial charge in [-0.25, -0.2) is 8.42 Å². The van der Waals surface area contributed by atoms with E-state index in [4.69, 9.17) is 4.74 Å². The molecule has 2 saturated heterocycles. The number of fused-ring (bicyclic) bond motifs is 3. The van der Waals surface area contributed by atoms with Crippen LogP contribution in [0.5, 0.6) is 0 Å². The zero-order valence-corrected chi connectivity index (χ0v) is 19.6. The first kappa shape index (κ1) is 23.8. The maximum absolute atomic E-state index is 14.0. The van der Waals surface area contributed by atoms with Gasteiger partial charge in [-0.1, -0.05) is 12.1 Å². The number of benzene rings is 1. The Labute approximate surface area is 199 Å². The van der Waals surface area contributed by atoms with Gasteiger partial charge in [0.2, 0.25) is 5.95 Å². The van der Waals surface area contributed by atoms with Gasteiger partial charge in [0.05, 0.1) is 30.2 Å². The van der Waals surface area contributed by atoms with Crippen LogP contribution < -0.4 is 15.4 Å². The first-order valence-electron chi connectivity index (χ1n) is 11.1. The minimum Gasteiger partial charge on any atom is -0.374 e. The molecular formula is C22H23F3N4O5S. The molecule has 35 heavy (non-hydrogen) atoms. The summed E-state index contributed by atoms with van der Waals surface area (Å²) in [5.41, 5.74) is -0.424. The molecule has 3 aliphatic heterocycles. The second-order valence-electron chi connectivity index (χ2n) is 9.10. The molecule has 0 N–H and O–H groups in total. The van der Waals surface area contributed by atoms with Gasteiger partial charge in [-0.2, -0.15) is 18.2 Å². The number of sulfone groups is 1. The summed E-state index contributed by atoms with van der Waals surface area (Å²) in [6.45, 7) is 0.110. The van der Waals surface area contributed by atoms with Crippen LogP contribution in [0.2, 0.25) is 0 Å². The van der Waals surface area contributed by atoms with Gasteiger partial charge < -0.3 is 14.5 Å². The topological polar surface area (TPSA) is 102 Å². The molecule has 3 aliphatic rings. The van der Waals surface area contributed by atoms with Gasteiger partial charge in [-0.05, 0) is 25.0 Å². The van der Waals surface area contributed by atoms with Crippen LogP contribution in [-0.4, -0.2) is 74.1 Å². The van der Waals surface area contributed by atoms with Gasteiger partial charge >= 0.3 is 6.18 Å². The molecule has 0 saturated carbocycles. The number of alkyl halides is 3. The van der Waals surface area contributed by atoms with E-state index in [-0.39, 0.29) is 40.9 Å². The molecule has 9 nitrogen and oxygen atoms in total. The fourth-order valence-corrected chi connectivity index (χ4v) is 5.57. The van der Waals surface area contributed by atoms with Crippen molar-refractivity contribution in [2.24, 2.45) is 0 Å². The number of carbonyl (C=O) groups excluding carboxylic acids is 1. The first-order valence-corrected chi connectivity index (χ1v) is 13.0. The maximum Gasteiger partial charge on any atom is 0.408 e. The number of ketones is 1. The Morgan fingerprint density at radius 1 is 1.23 bits per heavy atom. The molecule has 1 aromatic carbocycles. The highest BCUT2D eigenvalue weighted by molar-refractivity contribution is 7.90. The Morgan fingerprint density at radius 2 is 1.94 bits per heavy atom. The van der Waals surface area contributed by atoms with Crippen LogP contribution >= 0.6 is 0 Å². The van der Waals surface area contributed by atoms with E-state index in [0.29, 0.717) is 13.2 Å². The number of morpholine rings is 1. The Balaban J connectivity index is 1.50. The van der Waals surface area contributed by atoms with E-state index in [1.165, 1.54) is 30.3 Å². The minimum absolute atomic E-state index is 0.000365. The lowest BCUT2D eigenvalue weighted by atomic mass is 10.1. The third-order valence-electron chi connectivity index (χ3n) is 6.72. The molecule has 188 valence electrons. The zero-order valence-electron chi connectivity index (χ0n) is 18.7. The summed E-state index contributed by atoms with van der Waals surface area (Å²) in [5, 5.41) is 0. The fraction of sp³-hybridized carbons (Fsp3) is 0.500. The van der Waals surface area contributed by atoms with Crippen molar-refractivity contribution in [3.05, 3.63) is 46.2 Å². The standard InChI is InChI=1S/C22H23F3N4O5S/c1-35(32,33)16-4-2-13(3-5-16)17(30)11-29-18(22(23,24)25)6-7-27-20(31)9-19(26-21(27)29)28-10-15-8-14(28)12-34-15/h2-5,9,14-15,18H,6-8,10-12H2,1H3/t14?,15?,18-/m0/s1. The Morgan fingerprint density at radius 3 is 2.51 bits per heavy atom. The van der Waals surface area contributed by atoms with E-state index in [1.54, 1.807) is 0 Å². The number of hydrogen-bond donors (Lipinski definition) is 0. The van der Waals surface area contributed by atoms with Gasteiger partial charge in [-0.3, -0.25) is 14.2 Å². The highest BCUT2D eigenvalue weighted by Crippen LogP contribution is 2.36. The number of rotatable bonds is 5. The smallest absolute Gasteiger partial charge is 0.374 e. The molecular weight excluding hydrogens is 489 g/mol. The van der Waals surface area contributed by atoms with Crippen LogP contribution in [-0.2, 0) is 21.1 Å². The van der Waals surface area contributed by atoms with Crippen molar-refractivity contribution in [2.75, 3.05) is 35.8 Å². The molecule has 0 aliphatic carbocycles. The molecule has 2 unspecified atom stereocenters. The highest BCUT2D eigenvalue weighted by atomic mass is 32.2. The SMILES string of the molecule is CS(=O)(=O)c1ccc(C(=O)CN2c3nc(N4CC5CC4CO5)cc(=O)n3CC[C@H]2C(F)(F)F)cc1. The molecule has 4 heterocycles. The number of carbonyl (C=O) groups is 1. The average Bonchev–Trinajstić information content (AvgIpc) is 3.42. The Bertz CT molecular complexity index is 1330. The summed E-state index contributed by atoms with van der Waals surface area (Å²) >= 11 is 0. The van der Waals surface area contributed by atoms with Crippen molar-refractivity contribution in [1.29, 1.82) is 0 Å². The van der Waals surface area contributed by atoms with E-state index in [9.17, 15) is 31.2 Å². The molecule has 0 spiro atoms. The van der Waals surface area contributed by atoms with Crippen molar-refractivity contribution in [3.8, 4) is 0 Å². The molecule has 2 bridgehead atoms. The van der Waals surface area contributed by atoms with Crippen LogP contribution in [0, 0.1) is 0 Å². The normalized spacial score (nSPS) is 24.1. The molecule has 2 aromatic rings. The van der Waals surface area contributed by atoms with Crippen molar-refractivity contribution in [3.63, 3.8) is 0 Å². The lowest BCUT2D eigenvalue weighted by molar-refractivity contribution is -0.152. The average molecular weight is 513 g/mol. The fourth-order valence-electron chi connectivity index (χ4n) is 4.94. The van der Waals surface area contributed by atoms with Crippen LogP contribution in [0.3, 0.4) is 0 Å². The van der Waals surface area contributed by atoms with Crippen molar-refractivity contribution < 1.29 is 31.1 Å². The monoisotopic (exact) mass is 512 g/mol. The molecule has 1 aromatic heterocycles. The Kier molecular flexibility index (Phi) is 5.66. The predicted molar refractivity (Wildman–Crippen MR) is 120 cm³/mol. The third kappa shape index (κ3) is 4.42. The summed E-state index contributed by atoms with van der Waals surface area (Å²) in [4.78, 5) is 33.0. The predicted octanol–water partition coefficient (Wildman–Crippen LogP) is 1.65. The van der Waals surface area contributed by atoms with Gasteiger partial charge in [0.1, 0.15) is 11.9 Å². The number of halogens is 3. The van der Waals surface area contributed by atoms with Gasteiger partial charge in [-0.15, -0.1) is 0 Å². The summed E-state index contributed by atoms with van der Waals surface area (Å²) in [7, 11) is -3.49. The lowest BCUT2D eigenvalue weighted by Gasteiger charge is -2.39. The quantitative estimate of drug-likeness (QED) is 0.558. The second kappa shape index (κ2) is 8.33. The molecule has 2 fully saturated rings. The maximum atomic E-state index is 14.0. The van der Waals surface area contributed by atoms with Crippen LogP contribution in [0.15, 0.2) is 40.0 Å². The van der Waals surface area contributed by atoms with E-state index in [0.717, 1.165) is 22.1 Å². The highest BCUT2D eigenvalue weighted by Gasteiger charge is 2.48. The molecule has 0 radical (unpaired) electrons. The number of nitrogens with zero attached hydrogens (tertiary/aromatic N) is 4. The molecule has 3 atom stereocenters. The number of ether oxygens (including phenoxy) is 1. The largest absolute Gasteiger partial charge is 0.408 e. The summed E-state index contributed by atoms with van der Waals surface area (Å²) in [5.74, 6) is -0.582. The van der Waals surface area contributed by atoms with Crippen molar-refractivity contribution in [2.45, 2.75) is 48.6 Å². The first-order chi connectivity index (χ1) is 16.4. The number of hydrogen-bond acceptors (Lipinski definition) is 8. The summed E-state index contributed by atoms with van der Waals surface area (Å²) in [6.07, 6.45) is -3.28. The van der Waals surface area contributed by atoms with Gasteiger partial charge in [0.25, 0.3) is 5.56 Å². The van der Waals surface area contributed by atoms with E-state index in [2.05, 4.69) is 4.98 Å². The van der Waals surface area contributed by atoms with Crippen LogP contribution in [0.1, 0.15) is 23.2 Å².